The van der Waals surface area contributed by atoms with Crippen molar-refractivity contribution >= 4 is 10.0 Å². The molecule has 1 atom stereocenters. The third-order valence-electron chi connectivity index (χ3n) is 3.51. The Morgan fingerprint density at radius 1 is 1.25 bits per heavy atom. The molecule has 0 aromatic rings. The first-order chi connectivity index (χ1) is 7.58. The van der Waals surface area contributed by atoms with E-state index < -0.39 is 10.0 Å². The van der Waals surface area contributed by atoms with Crippen LogP contribution in [0, 0.1) is 5.92 Å². The van der Waals surface area contributed by atoms with Crippen LogP contribution in [0.4, 0.5) is 0 Å². The van der Waals surface area contributed by atoms with E-state index in [0.717, 1.165) is 25.9 Å². The number of hydrogen-bond donors (Lipinski definition) is 1. The van der Waals surface area contributed by atoms with Crippen LogP contribution in [0.3, 0.4) is 0 Å². The van der Waals surface area contributed by atoms with Gasteiger partial charge >= 0.3 is 0 Å². The molecule has 0 aromatic carbocycles. The second kappa shape index (κ2) is 5.02. The molecule has 16 heavy (non-hydrogen) atoms. The van der Waals surface area contributed by atoms with Gasteiger partial charge in [0.25, 0.3) is 0 Å². The molecule has 0 radical (unpaired) electrons. The number of sulfonamides is 1. The predicted molar refractivity (Wildman–Crippen MR) is 64.8 cm³/mol. The van der Waals surface area contributed by atoms with Crippen molar-refractivity contribution in [3.05, 3.63) is 0 Å². The van der Waals surface area contributed by atoms with Crippen molar-refractivity contribution in [3.63, 3.8) is 0 Å². The van der Waals surface area contributed by atoms with Crippen LogP contribution in [0.1, 0.15) is 32.1 Å². The SMILES string of the molecule is CN(CC1CC1)S(=O)(=O)CC1CCCCN1. The summed E-state index contributed by atoms with van der Waals surface area (Å²) in [5.74, 6) is 0.898. The van der Waals surface area contributed by atoms with Crippen molar-refractivity contribution in [2.24, 2.45) is 5.92 Å². The molecule has 1 heterocycles. The molecule has 1 saturated carbocycles. The molecule has 1 unspecified atom stereocenters. The minimum atomic E-state index is -3.04. The molecule has 94 valence electrons. The zero-order valence-corrected chi connectivity index (χ0v) is 10.8. The highest BCUT2D eigenvalue weighted by Crippen LogP contribution is 2.30. The third kappa shape index (κ3) is 3.43. The smallest absolute Gasteiger partial charge is 0.215 e. The number of piperidine rings is 1. The highest BCUT2D eigenvalue weighted by molar-refractivity contribution is 7.89. The summed E-state index contributed by atoms with van der Waals surface area (Å²) in [6, 6.07) is 0.167. The van der Waals surface area contributed by atoms with Crippen LogP contribution in [0.25, 0.3) is 0 Å². The zero-order valence-electron chi connectivity index (χ0n) is 9.98. The lowest BCUT2D eigenvalue weighted by molar-refractivity contribution is 0.405. The van der Waals surface area contributed by atoms with Crippen molar-refractivity contribution in [1.29, 1.82) is 0 Å². The molecule has 0 bridgehead atoms. The maximum absolute atomic E-state index is 12.0. The Kier molecular flexibility index (Phi) is 3.87. The summed E-state index contributed by atoms with van der Waals surface area (Å²) in [5.41, 5.74) is 0. The number of hydrogen-bond acceptors (Lipinski definition) is 3. The summed E-state index contributed by atoms with van der Waals surface area (Å²) >= 11 is 0. The molecule has 2 rings (SSSR count). The van der Waals surface area contributed by atoms with Crippen molar-refractivity contribution in [2.45, 2.75) is 38.1 Å². The van der Waals surface area contributed by atoms with E-state index in [1.54, 1.807) is 11.4 Å². The number of rotatable bonds is 5. The molecule has 1 N–H and O–H groups in total. The average Bonchev–Trinajstić information content (AvgIpc) is 3.02. The minimum absolute atomic E-state index is 0.167. The molecule has 0 amide bonds. The average molecular weight is 246 g/mol. The molecule has 2 aliphatic rings. The second-order valence-corrected chi connectivity index (χ2v) is 7.27. The predicted octanol–water partition coefficient (Wildman–Crippen LogP) is 0.800. The van der Waals surface area contributed by atoms with Gasteiger partial charge in [0.2, 0.25) is 10.0 Å². The van der Waals surface area contributed by atoms with E-state index in [-0.39, 0.29) is 11.8 Å². The van der Waals surface area contributed by atoms with Crippen LogP contribution in [0.5, 0.6) is 0 Å². The van der Waals surface area contributed by atoms with Gasteiger partial charge in [-0.15, -0.1) is 0 Å². The van der Waals surface area contributed by atoms with Crippen molar-refractivity contribution in [2.75, 3.05) is 25.9 Å². The Hall–Kier alpha value is -0.130. The van der Waals surface area contributed by atoms with E-state index in [0.29, 0.717) is 5.92 Å². The first kappa shape index (κ1) is 12.3. The van der Waals surface area contributed by atoms with Crippen molar-refractivity contribution in [3.8, 4) is 0 Å². The largest absolute Gasteiger partial charge is 0.313 e. The Balaban J connectivity index is 1.84. The maximum Gasteiger partial charge on any atom is 0.215 e. The van der Waals surface area contributed by atoms with E-state index in [2.05, 4.69) is 5.32 Å². The fraction of sp³-hybridized carbons (Fsp3) is 1.00. The van der Waals surface area contributed by atoms with Gasteiger partial charge in [-0.05, 0) is 38.1 Å². The van der Waals surface area contributed by atoms with Gasteiger partial charge in [-0.1, -0.05) is 6.42 Å². The molecule has 1 saturated heterocycles. The Bertz CT molecular complexity index is 319. The molecule has 0 aromatic heterocycles. The van der Waals surface area contributed by atoms with Crippen LogP contribution >= 0.6 is 0 Å². The zero-order chi connectivity index (χ0) is 11.6. The van der Waals surface area contributed by atoms with Gasteiger partial charge in [0, 0.05) is 19.6 Å². The Morgan fingerprint density at radius 2 is 2.00 bits per heavy atom. The van der Waals surface area contributed by atoms with Crippen molar-refractivity contribution < 1.29 is 8.42 Å². The fourth-order valence-corrected chi connectivity index (χ4v) is 3.71. The van der Waals surface area contributed by atoms with Gasteiger partial charge in [-0.3, -0.25) is 0 Å². The molecule has 5 heteroatoms. The van der Waals surface area contributed by atoms with Gasteiger partial charge < -0.3 is 5.32 Å². The first-order valence-corrected chi connectivity index (χ1v) is 7.86. The maximum atomic E-state index is 12.0. The van der Waals surface area contributed by atoms with Gasteiger partial charge in [-0.2, -0.15) is 0 Å². The monoisotopic (exact) mass is 246 g/mol. The van der Waals surface area contributed by atoms with Crippen LogP contribution in [0.15, 0.2) is 0 Å². The van der Waals surface area contributed by atoms with Gasteiger partial charge in [0.15, 0.2) is 0 Å². The highest BCUT2D eigenvalue weighted by atomic mass is 32.2. The van der Waals surface area contributed by atoms with E-state index in [1.807, 2.05) is 0 Å². The lowest BCUT2D eigenvalue weighted by Crippen LogP contribution is -2.43. The molecule has 2 fully saturated rings. The summed E-state index contributed by atoms with van der Waals surface area (Å²) in [5, 5.41) is 3.29. The standard InChI is InChI=1S/C11H22N2O2S/c1-13(8-10-5-6-10)16(14,15)9-11-4-2-3-7-12-11/h10-12H,2-9H2,1H3. The van der Waals surface area contributed by atoms with Gasteiger partial charge in [-0.25, -0.2) is 12.7 Å². The number of nitrogens with one attached hydrogen (secondary N) is 1. The number of nitrogens with zero attached hydrogens (tertiary/aromatic N) is 1. The minimum Gasteiger partial charge on any atom is -0.313 e. The molecule has 1 aliphatic carbocycles. The highest BCUT2D eigenvalue weighted by Gasteiger charge is 2.30. The third-order valence-corrected chi connectivity index (χ3v) is 5.43. The summed E-state index contributed by atoms with van der Waals surface area (Å²) in [6.45, 7) is 1.68. The second-order valence-electron chi connectivity index (χ2n) is 5.15. The lowest BCUT2D eigenvalue weighted by Gasteiger charge is -2.25. The lowest BCUT2D eigenvalue weighted by atomic mass is 10.1. The van der Waals surface area contributed by atoms with E-state index in [1.165, 1.54) is 19.3 Å². The summed E-state index contributed by atoms with van der Waals surface area (Å²) in [7, 11) is -1.33. The van der Waals surface area contributed by atoms with Crippen LogP contribution in [-0.2, 0) is 10.0 Å². The van der Waals surface area contributed by atoms with E-state index in [4.69, 9.17) is 0 Å². The Morgan fingerprint density at radius 3 is 2.56 bits per heavy atom. The van der Waals surface area contributed by atoms with Crippen LogP contribution < -0.4 is 5.32 Å². The van der Waals surface area contributed by atoms with Crippen LogP contribution in [-0.4, -0.2) is 44.7 Å². The fourth-order valence-electron chi connectivity index (χ4n) is 2.23. The van der Waals surface area contributed by atoms with Crippen molar-refractivity contribution in [1.82, 2.24) is 9.62 Å². The molecule has 0 spiro atoms. The molecular formula is C11H22N2O2S. The summed E-state index contributed by atoms with van der Waals surface area (Å²) in [4.78, 5) is 0. The molecule has 4 nitrogen and oxygen atoms in total. The first-order valence-electron chi connectivity index (χ1n) is 6.25. The molecule has 1 aliphatic heterocycles. The normalized spacial score (nSPS) is 27.2. The summed E-state index contributed by atoms with van der Waals surface area (Å²) < 4.78 is 25.7. The van der Waals surface area contributed by atoms with Gasteiger partial charge in [0.1, 0.15) is 0 Å². The van der Waals surface area contributed by atoms with Crippen LogP contribution in [0.2, 0.25) is 0 Å². The summed E-state index contributed by atoms with van der Waals surface area (Å²) in [6.07, 6.45) is 5.72. The van der Waals surface area contributed by atoms with E-state index in [9.17, 15) is 8.42 Å². The Labute approximate surface area is 98.4 Å². The molecular weight excluding hydrogens is 224 g/mol. The van der Waals surface area contributed by atoms with Gasteiger partial charge in [0.05, 0.1) is 5.75 Å². The van der Waals surface area contributed by atoms with E-state index >= 15 is 0 Å². The quantitative estimate of drug-likeness (QED) is 0.780. The topological polar surface area (TPSA) is 49.4 Å².